The molecule has 16 rings (SSSR count). The van der Waals surface area contributed by atoms with E-state index >= 15 is 0 Å². The highest BCUT2D eigenvalue weighted by atomic mass is 15.1. The zero-order valence-electron chi connectivity index (χ0n) is 37.1. The van der Waals surface area contributed by atoms with Crippen molar-refractivity contribution in [3.8, 4) is 39.8 Å². The Labute approximate surface area is 387 Å². The summed E-state index contributed by atoms with van der Waals surface area (Å²) in [5.41, 5.74) is 12.6. The Bertz CT molecular complexity index is 3830. The molecule has 8 aromatic carbocycles. The average molecular weight is 863 g/mol. The lowest BCUT2D eigenvalue weighted by Crippen LogP contribution is -2.49. The maximum Gasteiger partial charge on any atom is 0.163 e. The molecule has 320 valence electrons. The largest absolute Gasteiger partial charge is 0.308 e. The first-order chi connectivity index (χ1) is 33.2. The summed E-state index contributed by atoms with van der Waals surface area (Å²) in [6, 6.07) is 68.3. The van der Waals surface area contributed by atoms with E-state index in [0.29, 0.717) is 0 Å². The van der Waals surface area contributed by atoms with Crippen molar-refractivity contribution in [3.05, 3.63) is 194 Å². The highest BCUT2D eigenvalue weighted by Crippen LogP contribution is 2.60. The van der Waals surface area contributed by atoms with E-state index < -0.39 is 0 Å². The van der Waals surface area contributed by atoms with Gasteiger partial charge in [-0.1, -0.05) is 121 Å². The summed E-state index contributed by atoms with van der Waals surface area (Å²) in [5, 5.41) is 7.40. The van der Waals surface area contributed by atoms with Crippen LogP contribution in [-0.2, 0) is 5.41 Å². The zero-order valence-corrected chi connectivity index (χ0v) is 37.1. The first-order valence-electron chi connectivity index (χ1n) is 24.1. The summed E-state index contributed by atoms with van der Waals surface area (Å²) in [4.78, 5) is 16.1. The molecular weight excluding hydrogens is 817 g/mol. The lowest BCUT2D eigenvalue weighted by atomic mass is 9.49. The van der Waals surface area contributed by atoms with E-state index in [1.165, 1.54) is 98.4 Å². The van der Waals surface area contributed by atoms with Crippen LogP contribution in [0.5, 0.6) is 0 Å². The topological polar surface area (TPSA) is 53.5 Å². The van der Waals surface area contributed by atoms with E-state index in [1.807, 2.05) is 0 Å². The quantitative estimate of drug-likeness (QED) is 0.167. The average Bonchev–Trinajstić information content (AvgIpc) is 4.03. The van der Waals surface area contributed by atoms with Gasteiger partial charge in [0.25, 0.3) is 0 Å². The predicted molar refractivity (Wildman–Crippen MR) is 274 cm³/mol. The van der Waals surface area contributed by atoms with Crippen LogP contribution in [-0.4, -0.2) is 28.7 Å². The Kier molecular flexibility index (Phi) is 7.86. The van der Waals surface area contributed by atoms with E-state index in [9.17, 15) is 0 Å². The minimum atomic E-state index is 0.0384. The lowest BCUT2D eigenvalue weighted by molar-refractivity contribution is -0.00938. The molecule has 0 unspecified atom stereocenters. The van der Waals surface area contributed by atoms with Gasteiger partial charge in [-0.25, -0.2) is 15.0 Å². The molecule has 67 heavy (non-hydrogen) atoms. The fourth-order valence-corrected chi connectivity index (χ4v) is 13.7. The molecular formula is C61H46N6. The fraction of sp³-hybridized carbons (Fsp3) is 0.164. The number of benzene rings is 8. The molecule has 0 N–H and O–H groups in total. The van der Waals surface area contributed by atoms with Crippen LogP contribution >= 0.6 is 0 Å². The van der Waals surface area contributed by atoms with Crippen molar-refractivity contribution in [2.45, 2.75) is 43.9 Å². The van der Waals surface area contributed by atoms with Gasteiger partial charge in [0.2, 0.25) is 0 Å². The Morgan fingerprint density at radius 3 is 1.10 bits per heavy atom. The molecule has 4 fully saturated rings. The van der Waals surface area contributed by atoms with E-state index in [2.05, 4.69) is 202 Å². The maximum absolute atomic E-state index is 5.48. The van der Waals surface area contributed by atoms with Crippen LogP contribution in [0.4, 0.5) is 0 Å². The molecule has 12 aromatic rings. The summed E-state index contributed by atoms with van der Waals surface area (Å²) in [6.45, 7) is 0. The van der Waals surface area contributed by atoms with Gasteiger partial charge in [-0.2, -0.15) is 0 Å². The molecule has 0 saturated heterocycles. The first-order valence-corrected chi connectivity index (χ1v) is 24.1. The minimum Gasteiger partial charge on any atom is -0.308 e. The minimum absolute atomic E-state index is 0.0384. The smallest absolute Gasteiger partial charge is 0.163 e. The number of hydrogen-bond donors (Lipinski definition) is 0. The Morgan fingerprint density at radius 2 is 0.687 bits per heavy atom. The molecule has 6 heteroatoms. The van der Waals surface area contributed by atoms with Crippen LogP contribution in [0.15, 0.2) is 188 Å². The van der Waals surface area contributed by atoms with E-state index in [0.717, 1.165) is 68.9 Å². The van der Waals surface area contributed by atoms with E-state index in [1.54, 1.807) is 0 Å². The summed E-state index contributed by atoms with van der Waals surface area (Å²) >= 11 is 0. The van der Waals surface area contributed by atoms with E-state index in [4.69, 9.17) is 15.0 Å². The van der Waals surface area contributed by atoms with Crippen molar-refractivity contribution in [3.63, 3.8) is 0 Å². The molecule has 6 nitrogen and oxygen atoms in total. The van der Waals surface area contributed by atoms with Crippen molar-refractivity contribution in [2.24, 2.45) is 17.8 Å². The molecule has 0 atom stereocenters. The lowest BCUT2D eigenvalue weighted by Gasteiger charge is -2.56. The highest BCUT2D eigenvalue weighted by Gasteiger charge is 2.53. The van der Waals surface area contributed by atoms with Crippen molar-refractivity contribution >= 4 is 65.4 Å². The molecule has 0 aliphatic heterocycles. The number of aromatic nitrogens is 6. The number of hydrogen-bond acceptors (Lipinski definition) is 3. The second-order valence-electron chi connectivity index (χ2n) is 19.8. The summed E-state index contributed by atoms with van der Waals surface area (Å²) in [7, 11) is 0. The SMILES string of the molecule is c1ccc(-c2nc(-c3ccc(-n4c5ccccc5c5c6c(c7ccccc7n6-c6ccccc6)c6c(c7ccccc7n6-c6ccccc6)c54)cc3)nc(C34CC5CC(CC(C5)C3)C4)n2)cc1. The molecule has 0 amide bonds. The van der Waals surface area contributed by atoms with Gasteiger partial charge in [0, 0.05) is 65.9 Å². The zero-order chi connectivity index (χ0) is 43.8. The van der Waals surface area contributed by atoms with Crippen molar-refractivity contribution in [1.29, 1.82) is 0 Å². The van der Waals surface area contributed by atoms with Gasteiger partial charge >= 0.3 is 0 Å². The van der Waals surface area contributed by atoms with Gasteiger partial charge in [0.05, 0.1) is 33.1 Å². The molecule has 4 heterocycles. The number of nitrogens with zero attached hydrogens (tertiary/aromatic N) is 6. The van der Waals surface area contributed by atoms with E-state index in [-0.39, 0.29) is 5.41 Å². The van der Waals surface area contributed by atoms with Crippen LogP contribution in [0.25, 0.3) is 105 Å². The Hall–Kier alpha value is -7.83. The molecule has 4 aliphatic rings. The third kappa shape index (κ3) is 5.41. The molecule has 4 aromatic heterocycles. The normalized spacial score (nSPS) is 20.1. The maximum atomic E-state index is 5.48. The molecule has 4 aliphatic carbocycles. The number of fused-ring (bicyclic) bond motifs is 12. The highest BCUT2D eigenvalue weighted by molar-refractivity contribution is 6.40. The van der Waals surface area contributed by atoms with Gasteiger partial charge in [0.1, 0.15) is 5.82 Å². The van der Waals surface area contributed by atoms with Crippen LogP contribution in [0.1, 0.15) is 44.3 Å². The third-order valence-corrected chi connectivity index (χ3v) is 15.9. The summed E-state index contributed by atoms with van der Waals surface area (Å²) in [6.07, 6.45) is 7.75. The Morgan fingerprint density at radius 1 is 0.343 bits per heavy atom. The third-order valence-electron chi connectivity index (χ3n) is 15.9. The van der Waals surface area contributed by atoms with Gasteiger partial charge in [-0.05, 0) is 123 Å². The van der Waals surface area contributed by atoms with Gasteiger partial charge < -0.3 is 13.7 Å². The Balaban J connectivity index is 1.03. The van der Waals surface area contributed by atoms with Gasteiger partial charge in [-0.15, -0.1) is 0 Å². The van der Waals surface area contributed by atoms with Gasteiger partial charge in [0.15, 0.2) is 11.6 Å². The standard InChI is InChI=1S/C61H46N6/c1-4-16-41(17-5-1)58-62-59(64-60(63-58)61-35-38-32-39(36-61)34-40(33-38)37-61)42-28-30-45(31-29-42)67-51-27-15-12-24-48(51)54-56-52(46-22-10-13-25-49(46)65(56)43-18-6-2-7-19-43)55-53(57(54)67)47-23-11-14-26-50(47)66(55)44-20-8-3-9-21-44/h1-31,38-40H,32-37H2. The van der Waals surface area contributed by atoms with Crippen LogP contribution < -0.4 is 0 Å². The van der Waals surface area contributed by atoms with Crippen LogP contribution in [0.2, 0.25) is 0 Å². The number of rotatable bonds is 6. The summed E-state index contributed by atoms with van der Waals surface area (Å²) in [5.74, 6) is 4.92. The van der Waals surface area contributed by atoms with Gasteiger partial charge in [-0.3, -0.25) is 0 Å². The molecule has 4 saturated carbocycles. The van der Waals surface area contributed by atoms with Crippen molar-refractivity contribution in [1.82, 2.24) is 28.7 Å². The van der Waals surface area contributed by atoms with Crippen LogP contribution in [0, 0.1) is 17.8 Å². The van der Waals surface area contributed by atoms with Crippen molar-refractivity contribution < 1.29 is 0 Å². The summed E-state index contributed by atoms with van der Waals surface area (Å²) < 4.78 is 7.53. The monoisotopic (exact) mass is 862 g/mol. The number of para-hydroxylation sites is 5. The second-order valence-corrected chi connectivity index (χ2v) is 19.8. The fourth-order valence-electron chi connectivity index (χ4n) is 13.7. The molecule has 0 radical (unpaired) electrons. The first kappa shape index (κ1) is 37.4. The predicted octanol–water partition coefficient (Wildman–Crippen LogP) is 15.0. The van der Waals surface area contributed by atoms with Crippen molar-refractivity contribution in [2.75, 3.05) is 0 Å². The molecule has 0 spiro atoms. The van der Waals surface area contributed by atoms with Crippen LogP contribution in [0.3, 0.4) is 0 Å². The second kappa shape index (κ2) is 14.1. The molecule has 4 bridgehead atoms.